The normalized spacial score (nSPS) is 20.6. The second-order valence-corrected chi connectivity index (χ2v) is 12.0. The summed E-state index contributed by atoms with van der Waals surface area (Å²) >= 11 is 0. The first kappa shape index (κ1) is 23.5. The fraction of sp³-hybridized carbons (Fsp3) is 0.381. The van der Waals surface area contributed by atoms with Gasteiger partial charge in [-0.15, -0.1) is 0 Å². The van der Waals surface area contributed by atoms with Crippen LogP contribution in [-0.4, -0.2) is 73.5 Å². The van der Waals surface area contributed by atoms with E-state index in [0.29, 0.717) is 28.4 Å². The third-order valence-corrected chi connectivity index (χ3v) is 9.55. The summed E-state index contributed by atoms with van der Waals surface area (Å²) in [7, 11) is -5.99. The highest BCUT2D eigenvalue weighted by molar-refractivity contribution is 7.90. The molecule has 186 valence electrons. The topological polar surface area (TPSA) is 144 Å². The number of aryl methyl sites for hydroxylation is 1. The van der Waals surface area contributed by atoms with Crippen molar-refractivity contribution in [2.75, 3.05) is 25.1 Å². The van der Waals surface area contributed by atoms with Crippen LogP contribution in [0.5, 0.6) is 0 Å². The number of hydrogen-bond donors (Lipinski definition) is 1. The number of amides is 1. The summed E-state index contributed by atoms with van der Waals surface area (Å²) in [5.74, 6) is 0.544. The molecule has 2 fully saturated rings. The van der Waals surface area contributed by atoms with Crippen LogP contribution in [0.15, 0.2) is 47.8 Å². The van der Waals surface area contributed by atoms with E-state index in [-0.39, 0.29) is 35.8 Å². The molecule has 1 aromatic carbocycles. The first-order chi connectivity index (χ1) is 16.6. The van der Waals surface area contributed by atoms with Crippen molar-refractivity contribution in [2.24, 2.45) is 0 Å². The summed E-state index contributed by atoms with van der Waals surface area (Å²) in [6.07, 6.45) is 2.88. The second-order valence-electron chi connectivity index (χ2n) is 8.61. The largest absolute Gasteiger partial charge is 0.447 e. The number of ether oxygens (including phenoxy) is 1. The smallest absolute Gasteiger partial charge is 0.424 e. The van der Waals surface area contributed by atoms with Crippen molar-refractivity contribution in [2.45, 2.75) is 36.7 Å². The number of aromatic nitrogens is 3. The molecule has 12 nitrogen and oxygen atoms in total. The van der Waals surface area contributed by atoms with Crippen LogP contribution in [0.3, 0.4) is 0 Å². The zero-order chi connectivity index (χ0) is 25.0. The van der Waals surface area contributed by atoms with Crippen molar-refractivity contribution in [1.82, 2.24) is 23.0 Å². The first-order valence-corrected chi connectivity index (χ1v) is 13.8. The van der Waals surface area contributed by atoms with Gasteiger partial charge in [0.2, 0.25) is 0 Å². The average molecular weight is 521 g/mol. The highest BCUT2D eigenvalue weighted by atomic mass is 32.2. The van der Waals surface area contributed by atoms with E-state index in [2.05, 4.69) is 14.7 Å². The van der Waals surface area contributed by atoms with Crippen LogP contribution in [0.1, 0.15) is 18.4 Å². The number of carbonyl (C=O) groups excluding carboxylic acids is 1. The third kappa shape index (κ3) is 4.10. The summed E-state index contributed by atoms with van der Waals surface area (Å²) in [5, 5.41) is 0.564. The Labute approximate surface area is 202 Å². The highest BCUT2D eigenvalue weighted by Gasteiger charge is 2.40. The Morgan fingerprint density at radius 2 is 1.80 bits per heavy atom. The van der Waals surface area contributed by atoms with Crippen molar-refractivity contribution < 1.29 is 26.4 Å². The fourth-order valence-corrected chi connectivity index (χ4v) is 6.86. The van der Waals surface area contributed by atoms with Crippen molar-refractivity contribution >= 4 is 43.2 Å². The molecule has 0 spiro atoms. The molecule has 1 aliphatic carbocycles. The SMILES string of the molecule is Cc1ccc(S(=O)(=O)n2ccc3c(N(C)[C@H]4C[C@@H](NS(=O)(=O)N5CCOC5=O)C4)ncnc32)cc1. The maximum absolute atomic E-state index is 13.2. The monoisotopic (exact) mass is 520 g/mol. The van der Waals surface area contributed by atoms with Gasteiger partial charge < -0.3 is 9.64 Å². The van der Waals surface area contributed by atoms with Crippen LogP contribution >= 0.6 is 0 Å². The van der Waals surface area contributed by atoms with Crippen LogP contribution in [0.4, 0.5) is 10.6 Å². The Kier molecular flexibility index (Phi) is 5.68. The lowest BCUT2D eigenvalue weighted by molar-refractivity contribution is 0.169. The van der Waals surface area contributed by atoms with E-state index >= 15 is 0 Å². The molecule has 35 heavy (non-hydrogen) atoms. The predicted molar refractivity (Wildman–Crippen MR) is 127 cm³/mol. The van der Waals surface area contributed by atoms with E-state index in [1.54, 1.807) is 30.3 Å². The Morgan fingerprint density at radius 1 is 1.09 bits per heavy atom. The van der Waals surface area contributed by atoms with Crippen molar-refractivity contribution in [3.8, 4) is 0 Å². The molecule has 1 N–H and O–H groups in total. The van der Waals surface area contributed by atoms with Gasteiger partial charge in [0.1, 0.15) is 18.8 Å². The zero-order valence-corrected chi connectivity index (χ0v) is 20.7. The van der Waals surface area contributed by atoms with E-state index in [1.807, 2.05) is 18.9 Å². The number of nitrogens with zero attached hydrogens (tertiary/aromatic N) is 5. The number of fused-ring (bicyclic) bond motifs is 1. The van der Waals surface area contributed by atoms with Gasteiger partial charge in [0.15, 0.2) is 5.65 Å². The minimum absolute atomic E-state index is 0.00831. The molecule has 3 heterocycles. The van der Waals surface area contributed by atoms with Gasteiger partial charge in [-0.1, -0.05) is 17.7 Å². The number of hydrogen-bond acceptors (Lipinski definition) is 9. The number of cyclic esters (lactones) is 1. The Hall–Kier alpha value is -3.23. The maximum atomic E-state index is 13.2. The van der Waals surface area contributed by atoms with Crippen LogP contribution in [0.2, 0.25) is 0 Å². The molecule has 5 rings (SSSR count). The predicted octanol–water partition coefficient (Wildman–Crippen LogP) is 1.23. The minimum Gasteiger partial charge on any atom is -0.447 e. The lowest BCUT2D eigenvalue weighted by Gasteiger charge is -2.42. The van der Waals surface area contributed by atoms with Gasteiger partial charge in [-0.3, -0.25) is 0 Å². The molecule has 1 aliphatic heterocycles. The molecule has 1 saturated carbocycles. The number of nitrogens with one attached hydrogen (secondary N) is 1. The first-order valence-electron chi connectivity index (χ1n) is 10.9. The van der Waals surface area contributed by atoms with Crippen LogP contribution < -0.4 is 9.62 Å². The maximum Gasteiger partial charge on any atom is 0.424 e. The second kappa shape index (κ2) is 8.46. The molecule has 0 atom stereocenters. The number of carbonyl (C=O) groups is 1. The van der Waals surface area contributed by atoms with Gasteiger partial charge in [0, 0.05) is 25.3 Å². The number of benzene rings is 1. The molecule has 1 amide bonds. The van der Waals surface area contributed by atoms with E-state index < -0.39 is 26.3 Å². The van der Waals surface area contributed by atoms with Gasteiger partial charge in [-0.2, -0.15) is 17.4 Å². The molecule has 0 radical (unpaired) electrons. The summed E-state index contributed by atoms with van der Waals surface area (Å²) in [5.41, 5.74) is 1.21. The average Bonchev–Trinajstić information content (AvgIpc) is 3.42. The minimum atomic E-state index is -3.97. The van der Waals surface area contributed by atoms with E-state index in [9.17, 15) is 21.6 Å². The van der Waals surface area contributed by atoms with Gasteiger partial charge in [-0.25, -0.2) is 27.2 Å². The van der Waals surface area contributed by atoms with Gasteiger partial charge in [0.25, 0.3) is 10.0 Å². The molecule has 2 aliphatic rings. The van der Waals surface area contributed by atoms with Crippen molar-refractivity contribution in [1.29, 1.82) is 0 Å². The molecule has 1 saturated heterocycles. The van der Waals surface area contributed by atoms with Crippen LogP contribution in [0.25, 0.3) is 11.0 Å². The third-order valence-electron chi connectivity index (χ3n) is 6.33. The van der Waals surface area contributed by atoms with Crippen LogP contribution in [0, 0.1) is 6.92 Å². The van der Waals surface area contributed by atoms with Gasteiger partial charge in [-0.05, 0) is 38.0 Å². The van der Waals surface area contributed by atoms with Crippen molar-refractivity contribution in [3.05, 3.63) is 48.4 Å². The number of anilines is 1. The zero-order valence-electron chi connectivity index (χ0n) is 19.0. The standard InChI is InChI=1S/C21H24N6O6S2/c1-14-3-5-17(6-4-14)34(29,30)26-8-7-18-19(22-13-23-20(18)26)25(2)16-11-15(12-16)24-35(31,32)27-9-10-33-21(27)28/h3-8,13,15-16,24H,9-12H2,1-2H3/t15-,16+. The number of rotatable bonds is 7. The lowest BCUT2D eigenvalue weighted by Crippen LogP contribution is -2.56. The molecule has 0 bridgehead atoms. The van der Waals surface area contributed by atoms with Crippen LogP contribution in [-0.2, 0) is 25.0 Å². The summed E-state index contributed by atoms with van der Waals surface area (Å²) in [6.45, 7) is 1.91. The van der Waals surface area contributed by atoms with E-state index in [1.165, 1.54) is 12.5 Å². The van der Waals surface area contributed by atoms with Gasteiger partial charge >= 0.3 is 16.3 Å². The molecule has 14 heteroatoms. The lowest BCUT2D eigenvalue weighted by atomic mass is 9.86. The van der Waals surface area contributed by atoms with Gasteiger partial charge in [0.05, 0.1) is 16.8 Å². The Morgan fingerprint density at radius 3 is 2.46 bits per heavy atom. The molecule has 0 unspecified atom stereocenters. The Bertz CT molecular complexity index is 1500. The van der Waals surface area contributed by atoms with E-state index in [0.717, 1.165) is 9.54 Å². The summed E-state index contributed by atoms with van der Waals surface area (Å²) < 4.78 is 60.3. The summed E-state index contributed by atoms with van der Waals surface area (Å²) in [4.78, 5) is 22.2. The molecular weight excluding hydrogens is 496 g/mol. The molecule has 2 aromatic heterocycles. The molecule has 3 aromatic rings. The van der Waals surface area contributed by atoms with E-state index in [4.69, 9.17) is 4.74 Å². The quantitative estimate of drug-likeness (QED) is 0.486. The highest BCUT2D eigenvalue weighted by Crippen LogP contribution is 2.33. The summed E-state index contributed by atoms with van der Waals surface area (Å²) in [6, 6.07) is 7.86. The molecular formula is C21H24N6O6S2. The fourth-order valence-electron chi connectivity index (χ4n) is 4.26. The Balaban J connectivity index is 1.34. The van der Waals surface area contributed by atoms with Crippen molar-refractivity contribution in [3.63, 3.8) is 0 Å².